The van der Waals surface area contributed by atoms with E-state index in [1.807, 2.05) is 28.9 Å². The number of piperazine rings is 1. The maximum absolute atomic E-state index is 5.95. The van der Waals surface area contributed by atoms with Crippen LogP contribution in [0.15, 0.2) is 67.0 Å². The topological polar surface area (TPSA) is 55.0 Å². The lowest BCUT2D eigenvalue weighted by molar-refractivity contribution is 0.193. The van der Waals surface area contributed by atoms with Gasteiger partial charge in [-0.2, -0.15) is 0 Å². The molecular weight excluding hydrogens is 430 g/mol. The second kappa shape index (κ2) is 9.25. The minimum absolute atomic E-state index is 0.653. The summed E-state index contributed by atoms with van der Waals surface area (Å²) in [6.07, 6.45) is 3.58. The van der Waals surface area contributed by atoms with Gasteiger partial charge in [-0.15, -0.1) is 5.10 Å². The molecule has 1 saturated heterocycles. The van der Waals surface area contributed by atoms with Crippen LogP contribution in [0.1, 0.15) is 11.1 Å². The van der Waals surface area contributed by atoms with E-state index in [-0.39, 0.29) is 0 Å². The molecular formula is C25H27N7S. The predicted molar refractivity (Wildman–Crippen MR) is 133 cm³/mol. The molecule has 0 bridgehead atoms. The second-order valence-electron chi connectivity index (χ2n) is 8.37. The molecule has 7 nitrogen and oxygen atoms in total. The monoisotopic (exact) mass is 457 g/mol. The summed E-state index contributed by atoms with van der Waals surface area (Å²) in [5.41, 5.74) is 4.59. The van der Waals surface area contributed by atoms with Gasteiger partial charge in [0.05, 0.1) is 12.4 Å². The van der Waals surface area contributed by atoms with Crippen molar-refractivity contribution in [3.63, 3.8) is 0 Å². The zero-order valence-corrected chi connectivity index (χ0v) is 19.7. The number of hydrogen-bond donors (Lipinski definition) is 0. The standard InChI is InChI=1S/C25H27N7S/c1-19-9-10-22(17-20(19)2)32-23(21-7-4-3-5-8-21)28-31(25(32)33)18-29-13-15-30(16-14-29)24-26-11-6-12-27-24/h3-12,17H,13-16,18H2,1-2H3. The Labute approximate surface area is 199 Å². The SMILES string of the molecule is Cc1ccc(-n2c(-c3ccccc3)nn(CN3CCN(c4ncccn4)CC3)c2=S)cc1C. The van der Waals surface area contributed by atoms with Crippen molar-refractivity contribution in [1.82, 2.24) is 29.2 Å². The van der Waals surface area contributed by atoms with E-state index < -0.39 is 0 Å². The molecule has 4 aromatic rings. The summed E-state index contributed by atoms with van der Waals surface area (Å²) < 4.78 is 4.73. The van der Waals surface area contributed by atoms with Crippen LogP contribution >= 0.6 is 12.2 Å². The second-order valence-corrected chi connectivity index (χ2v) is 8.74. The highest BCUT2D eigenvalue weighted by Crippen LogP contribution is 2.24. The van der Waals surface area contributed by atoms with Gasteiger partial charge in [-0.05, 0) is 55.4 Å². The first kappa shape index (κ1) is 21.5. The minimum atomic E-state index is 0.653. The zero-order chi connectivity index (χ0) is 22.8. The van der Waals surface area contributed by atoms with E-state index in [0.29, 0.717) is 11.4 Å². The summed E-state index contributed by atoms with van der Waals surface area (Å²) in [7, 11) is 0. The normalized spacial score (nSPS) is 14.5. The third kappa shape index (κ3) is 4.44. The molecule has 0 amide bonds. The molecule has 33 heavy (non-hydrogen) atoms. The number of nitrogens with zero attached hydrogens (tertiary/aromatic N) is 7. The van der Waals surface area contributed by atoms with E-state index in [1.165, 1.54) is 11.1 Å². The third-order valence-corrected chi connectivity index (χ3v) is 6.55. The van der Waals surface area contributed by atoms with Gasteiger partial charge in [0.2, 0.25) is 10.7 Å². The number of rotatable bonds is 5. The molecule has 0 saturated carbocycles. The Morgan fingerprint density at radius 2 is 1.58 bits per heavy atom. The first-order valence-electron chi connectivity index (χ1n) is 11.2. The molecule has 5 rings (SSSR count). The number of hydrogen-bond acceptors (Lipinski definition) is 6. The summed E-state index contributed by atoms with van der Waals surface area (Å²) in [5.74, 6) is 1.65. The van der Waals surface area contributed by atoms with Crippen molar-refractivity contribution in [2.45, 2.75) is 20.5 Å². The van der Waals surface area contributed by atoms with Crippen LogP contribution in [-0.4, -0.2) is 55.4 Å². The van der Waals surface area contributed by atoms with E-state index in [0.717, 1.165) is 49.2 Å². The van der Waals surface area contributed by atoms with Gasteiger partial charge < -0.3 is 4.90 Å². The van der Waals surface area contributed by atoms with E-state index in [9.17, 15) is 0 Å². The predicted octanol–water partition coefficient (Wildman–Crippen LogP) is 4.26. The molecule has 8 heteroatoms. The van der Waals surface area contributed by atoms with Gasteiger partial charge in [-0.3, -0.25) is 9.47 Å². The van der Waals surface area contributed by atoms with Crippen LogP contribution in [0.25, 0.3) is 17.1 Å². The van der Waals surface area contributed by atoms with Crippen LogP contribution in [0.2, 0.25) is 0 Å². The fourth-order valence-electron chi connectivity index (χ4n) is 4.10. The lowest BCUT2D eigenvalue weighted by Crippen LogP contribution is -2.47. The average molecular weight is 458 g/mol. The highest BCUT2D eigenvalue weighted by Gasteiger charge is 2.21. The van der Waals surface area contributed by atoms with Crippen molar-refractivity contribution < 1.29 is 0 Å². The summed E-state index contributed by atoms with van der Waals surface area (Å²) in [4.78, 5) is 13.4. The Kier molecular flexibility index (Phi) is 6.02. The number of aromatic nitrogens is 5. The smallest absolute Gasteiger partial charge is 0.225 e. The number of benzene rings is 2. The molecule has 0 unspecified atom stereocenters. The van der Waals surface area contributed by atoms with E-state index in [1.54, 1.807) is 12.4 Å². The maximum atomic E-state index is 5.95. The minimum Gasteiger partial charge on any atom is -0.338 e. The fraction of sp³-hybridized carbons (Fsp3) is 0.280. The quantitative estimate of drug-likeness (QED) is 0.418. The summed E-state index contributed by atoms with van der Waals surface area (Å²) in [6, 6.07) is 18.5. The number of anilines is 1. The van der Waals surface area contributed by atoms with E-state index in [2.05, 4.69) is 68.5 Å². The van der Waals surface area contributed by atoms with Crippen molar-refractivity contribution in [2.75, 3.05) is 31.1 Å². The van der Waals surface area contributed by atoms with Gasteiger partial charge in [-0.1, -0.05) is 36.4 Å². The van der Waals surface area contributed by atoms with Crippen LogP contribution in [0.3, 0.4) is 0 Å². The molecule has 2 aromatic carbocycles. The molecule has 0 spiro atoms. The van der Waals surface area contributed by atoms with Gasteiger partial charge in [-0.25, -0.2) is 14.6 Å². The van der Waals surface area contributed by atoms with Crippen LogP contribution in [0.5, 0.6) is 0 Å². The Morgan fingerprint density at radius 3 is 2.27 bits per heavy atom. The zero-order valence-electron chi connectivity index (χ0n) is 18.9. The van der Waals surface area contributed by atoms with Gasteiger partial charge in [0, 0.05) is 44.1 Å². The molecule has 1 aliphatic heterocycles. The Morgan fingerprint density at radius 1 is 0.848 bits per heavy atom. The Hall–Kier alpha value is -3.36. The molecule has 168 valence electrons. The van der Waals surface area contributed by atoms with Gasteiger partial charge >= 0.3 is 0 Å². The Balaban J connectivity index is 1.43. The van der Waals surface area contributed by atoms with Gasteiger partial charge in [0.25, 0.3) is 0 Å². The summed E-state index contributed by atoms with van der Waals surface area (Å²) in [6.45, 7) is 8.46. The Bertz CT molecular complexity index is 1290. The van der Waals surface area contributed by atoms with Gasteiger partial charge in [0.1, 0.15) is 0 Å². The molecule has 1 aliphatic rings. The lowest BCUT2D eigenvalue weighted by Gasteiger charge is -2.34. The highest BCUT2D eigenvalue weighted by atomic mass is 32.1. The molecule has 0 aliphatic carbocycles. The van der Waals surface area contributed by atoms with Crippen LogP contribution in [0.4, 0.5) is 5.95 Å². The lowest BCUT2D eigenvalue weighted by atomic mass is 10.1. The maximum Gasteiger partial charge on any atom is 0.225 e. The molecule has 2 aromatic heterocycles. The molecule has 3 heterocycles. The van der Waals surface area contributed by atoms with Crippen LogP contribution in [-0.2, 0) is 6.67 Å². The highest BCUT2D eigenvalue weighted by molar-refractivity contribution is 7.71. The van der Waals surface area contributed by atoms with Crippen molar-refractivity contribution in [1.29, 1.82) is 0 Å². The molecule has 0 N–H and O–H groups in total. The molecule has 0 radical (unpaired) electrons. The van der Waals surface area contributed by atoms with Crippen molar-refractivity contribution in [3.05, 3.63) is 82.9 Å². The average Bonchev–Trinajstić information content (AvgIpc) is 3.18. The first-order chi connectivity index (χ1) is 16.1. The molecule has 0 atom stereocenters. The largest absolute Gasteiger partial charge is 0.338 e. The van der Waals surface area contributed by atoms with Crippen molar-refractivity contribution in [2.24, 2.45) is 0 Å². The number of aryl methyl sites for hydroxylation is 2. The van der Waals surface area contributed by atoms with E-state index >= 15 is 0 Å². The van der Waals surface area contributed by atoms with Crippen molar-refractivity contribution >= 4 is 18.2 Å². The summed E-state index contributed by atoms with van der Waals surface area (Å²) >= 11 is 5.95. The molecule has 1 fully saturated rings. The summed E-state index contributed by atoms with van der Waals surface area (Å²) in [5, 5.41) is 4.98. The van der Waals surface area contributed by atoms with Crippen LogP contribution in [0, 0.1) is 18.6 Å². The van der Waals surface area contributed by atoms with Crippen LogP contribution < -0.4 is 4.90 Å². The van der Waals surface area contributed by atoms with Gasteiger partial charge in [0.15, 0.2) is 5.82 Å². The fourth-order valence-corrected chi connectivity index (χ4v) is 4.40. The third-order valence-electron chi connectivity index (χ3n) is 6.16. The van der Waals surface area contributed by atoms with Crippen molar-refractivity contribution in [3.8, 4) is 17.1 Å². The van der Waals surface area contributed by atoms with E-state index in [4.69, 9.17) is 17.3 Å². The first-order valence-corrected chi connectivity index (χ1v) is 11.6.